The molecule has 128 valence electrons. The van der Waals surface area contributed by atoms with Crippen LogP contribution in [0.15, 0.2) is 0 Å². The van der Waals surface area contributed by atoms with Crippen molar-refractivity contribution in [3.8, 4) is 0 Å². The second kappa shape index (κ2) is 6.41. The summed E-state index contributed by atoms with van der Waals surface area (Å²) in [7, 11) is 0. The monoisotopic (exact) mass is 309 g/mol. The molecule has 0 heterocycles. The molecule has 4 fully saturated rings. The highest BCUT2D eigenvalue weighted by Crippen LogP contribution is 2.57. The molecule has 1 atom stereocenters. The standard InChI is InChI=1S/C19H35NO2/c1-13(2)20(14(3)4)11-18(21)12-22-19-8-15-5-16(9-19)7-17(6-15)10-19/h13-18,21H,5-12H2,1-4H3/t15?,16?,17?,18-,19?/m0/s1. The van der Waals surface area contributed by atoms with E-state index in [1.54, 1.807) is 0 Å². The minimum Gasteiger partial charge on any atom is -0.389 e. The molecule has 4 bridgehead atoms. The van der Waals surface area contributed by atoms with Crippen LogP contribution >= 0.6 is 0 Å². The van der Waals surface area contributed by atoms with Gasteiger partial charge in [0, 0.05) is 18.6 Å². The first-order chi connectivity index (χ1) is 10.4. The van der Waals surface area contributed by atoms with Gasteiger partial charge < -0.3 is 9.84 Å². The molecule has 0 unspecified atom stereocenters. The van der Waals surface area contributed by atoms with Crippen LogP contribution in [-0.4, -0.2) is 46.9 Å². The summed E-state index contributed by atoms with van der Waals surface area (Å²) < 4.78 is 6.39. The Hall–Kier alpha value is -0.120. The van der Waals surface area contributed by atoms with Crippen LogP contribution in [0.25, 0.3) is 0 Å². The average Bonchev–Trinajstić information content (AvgIpc) is 2.40. The highest BCUT2D eigenvalue weighted by molar-refractivity contribution is 5.03. The van der Waals surface area contributed by atoms with E-state index in [1.807, 2.05) is 0 Å². The lowest BCUT2D eigenvalue weighted by molar-refractivity contribution is -0.176. The first-order valence-electron chi connectivity index (χ1n) is 9.44. The van der Waals surface area contributed by atoms with E-state index >= 15 is 0 Å². The Morgan fingerprint density at radius 1 is 0.955 bits per heavy atom. The van der Waals surface area contributed by atoms with Gasteiger partial charge in [-0.2, -0.15) is 0 Å². The number of hydrogen-bond acceptors (Lipinski definition) is 3. The summed E-state index contributed by atoms with van der Waals surface area (Å²) >= 11 is 0. The van der Waals surface area contributed by atoms with Crippen molar-refractivity contribution in [2.24, 2.45) is 17.8 Å². The lowest BCUT2D eigenvalue weighted by atomic mass is 9.54. The minimum absolute atomic E-state index is 0.121. The zero-order chi connectivity index (χ0) is 15.9. The third-order valence-corrected chi connectivity index (χ3v) is 6.31. The van der Waals surface area contributed by atoms with Crippen LogP contribution in [-0.2, 0) is 4.74 Å². The van der Waals surface area contributed by atoms with Gasteiger partial charge in [0.1, 0.15) is 0 Å². The number of aliphatic hydroxyl groups is 1. The molecule has 1 N–H and O–H groups in total. The topological polar surface area (TPSA) is 32.7 Å². The number of aliphatic hydroxyl groups excluding tert-OH is 1. The Morgan fingerprint density at radius 2 is 1.41 bits per heavy atom. The van der Waals surface area contributed by atoms with E-state index in [9.17, 15) is 5.11 Å². The molecule has 0 aromatic carbocycles. The second-order valence-corrected chi connectivity index (χ2v) is 8.95. The number of nitrogens with zero attached hydrogens (tertiary/aromatic N) is 1. The fourth-order valence-corrected chi connectivity index (χ4v) is 5.79. The van der Waals surface area contributed by atoms with Crippen molar-refractivity contribution >= 4 is 0 Å². The van der Waals surface area contributed by atoms with Crippen LogP contribution in [0.5, 0.6) is 0 Å². The van der Waals surface area contributed by atoms with Crippen LogP contribution in [0, 0.1) is 17.8 Å². The molecule has 4 aliphatic carbocycles. The molecule has 3 heteroatoms. The largest absolute Gasteiger partial charge is 0.389 e. The molecule has 0 saturated heterocycles. The van der Waals surface area contributed by atoms with Crippen LogP contribution in [0.3, 0.4) is 0 Å². The predicted octanol–water partition coefficient (Wildman–Crippen LogP) is 3.45. The van der Waals surface area contributed by atoms with Crippen molar-refractivity contribution in [3.63, 3.8) is 0 Å². The van der Waals surface area contributed by atoms with Crippen LogP contribution < -0.4 is 0 Å². The maximum Gasteiger partial charge on any atom is 0.0900 e. The van der Waals surface area contributed by atoms with Crippen LogP contribution in [0.4, 0.5) is 0 Å². The summed E-state index contributed by atoms with van der Waals surface area (Å²) in [6, 6.07) is 0.934. The molecule has 0 aromatic rings. The van der Waals surface area contributed by atoms with Crippen molar-refractivity contribution in [2.45, 2.75) is 90.0 Å². The molecule has 0 amide bonds. The fraction of sp³-hybridized carbons (Fsp3) is 1.00. The molecule has 0 aliphatic heterocycles. The second-order valence-electron chi connectivity index (χ2n) is 8.95. The first-order valence-corrected chi connectivity index (χ1v) is 9.44. The zero-order valence-corrected chi connectivity index (χ0v) is 14.9. The van der Waals surface area contributed by atoms with Crippen molar-refractivity contribution < 1.29 is 9.84 Å². The summed E-state index contributed by atoms with van der Waals surface area (Å²) in [5.74, 6) is 2.73. The molecule has 4 rings (SSSR count). The fourth-order valence-electron chi connectivity index (χ4n) is 5.79. The lowest BCUT2D eigenvalue weighted by Gasteiger charge is -2.56. The summed E-state index contributed by atoms with van der Waals surface area (Å²) in [6.45, 7) is 10.0. The van der Waals surface area contributed by atoms with Gasteiger partial charge in [0.05, 0.1) is 18.3 Å². The van der Waals surface area contributed by atoms with E-state index in [4.69, 9.17) is 4.74 Å². The molecule has 0 spiro atoms. The van der Waals surface area contributed by atoms with E-state index in [2.05, 4.69) is 32.6 Å². The average molecular weight is 309 g/mol. The van der Waals surface area contributed by atoms with Gasteiger partial charge in [0.25, 0.3) is 0 Å². The van der Waals surface area contributed by atoms with Crippen LogP contribution in [0.2, 0.25) is 0 Å². The van der Waals surface area contributed by atoms with Crippen molar-refractivity contribution in [1.29, 1.82) is 0 Å². The SMILES string of the molecule is CC(C)N(C[C@H](O)COC12CC3CC(CC(C3)C1)C2)C(C)C. The molecular weight excluding hydrogens is 274 g/mol. The molecule has 22 heavy (non-hydrogen) atoms. The zero-order valence-electron chi connectivity index (χ0n) is 14.9. The highest BCUT2D eigenvalue weighted by atomic mass is 16.5. The molecule has 0 aromatic heterocycles. The molecule has 3 nitrogen and oxygen atoms in total. The van der Waals surface area contributed by atoms with Gasteiger partial charge in [0.15, 0.2) is 0 Å². The van der Waals surface area contributed by atoms with E-state index in [1.165, 1.54) is 38.5 Å². The number of rotatable bonds is 7. The molecule has 4 saturated carbocycles. The van der Waals surface area contributed by atoms with Crippen LogP contribution in [0.1, 0.15) is 66.2 Å². The van der Waals surface area contributed by atoms with E-state index in [-0.39, 0.29) is 11.7 Å². The van der Waals surface area contributed by atoms with Crippen molar-refractivity contribution in [3.05, 3.63) is 0 Å². The van der Waals surface area contributed by atoms with Gasteiger partial charge >= 0.3 is 0 Å². The highest BCUT2D eigenvalue weighted by Gasteiger charge is 2.51. The van der Waals surface area contributed by atoms with E-state index in [0.717, 1.165) is 24.3 Å². The van der Waals surface area contributed by atoms with Gasteiger partial charge in [-0.05, 0) is 84.0 Å². The smallest absolute Gasteiger partial charge is 0.0900 e. The van der Waals surface area contributed by atoms with E-state index < -0.39 is 0 Å². The quantitative estimate of drug-likeness (QED) is 0.782. The predicted molar refractivity (Wildman–Crippen MR) is 89.8 cm³/mol. The molecule has 4 aliphatic rings. The minimum atomic E-state index is -0.363. The Morgan fingerprint density at radius 3 is 1.82 bits per heavy atom. The Kier molecular flexibility index (Phi) is 4.87. The Bertz CT molecular complexity index is 336. The summed E-state index contributed by atoms with van der Waals surface area (Å²) in [5.41, 5.74) is 0.121. The Balaban J connectivity index is 1.52. The van der Waals surface area contributed by atoms with Crippen molar-refractivity contribution in [2.75, 3.05) is 13.2 Å². The lowest BCUT2D eigenvalue weighted by Crippen LogP contribution is -2.53. The van der Waals surface area contributed by atoms with Gasteiger partial charge in [0.2, 0.25) is 0 Å². The third kappa shape index (κ3) is 3.52. The van der Waals surface area contributed by atoms with Gasteiger partial charge in [-0.15, -0.1) is 0 Å². The van der Waals surface area contributed by atoms with Crippen molar-refractivity contribution in [1.82, 2.24) is 4.90 Å². The third-order valence-electron chi connectivity index (χ3n) is 6.31. The Labute approximate surface area is 136 Å². The maximum atomic E-state index is 10.5. The van der Waals surface area contributed by atoms with E-state index in [0.29, 0.717) is 18.7 Å². The normalized spacial score (nSPS) is 38.5. The van der Waals surface area contributed by atoms with Gasteiger partial charge in [-0.25, -0.2) is 0 Å². The summed E-state index contributed by atoms with van der Waals surface area (Å²) in [4.78, 5) is 2.35. The first kappa shape index (κ1) is 16.7. The number of ether oxygens (including phenoxy) is 1. The molecular formula is C19H35NO2. The van der Waals surface area contributed by atoms with Gasteiger partial charge in [-0.3, -0.25) is 4.90 Å². The molecule has 0 radical (unpaired) electrons. The summed E-state index contributed by atoms with van der Waals surface area (Å²) in [5, 5.41) is 10.5. The maximum absolute atomic E-state index is 10.5. The van der Waals surface area contributed by atoms with Gasteiger partial charge in [-0.1, -0.05) is 0 Å². The summed E-state index contributed by atoms with van der Waals surface area (Å²) in [6.07, 6.45) is 7.73. The number of hydrogen-bond donors (Lipinski definition) is 1.